The first-order chi connectivity index (χ1) is 15.6. The van der Waals surface area contributed by atoms with E-state index in [-0.39, 0.29) is 22.8 Å². The first-order valence-corrected chi connectivity index (χ1v) is 10.7. The van der Waals surface area contributed by atoms with Gasteiger partial charge in [-0.05, 0) is 30.7 Å². The van der Waals surface area contributed by atoms with Gasteiger partial charge in [-0.25, -0.2) is 10.4 Å². The summed E-state index contributed by atoms with van der Waals surface area (Å²) in [4.78, 5) is 28.4. The number of carbonyl (C=O) groups is 1. The second kappa shape index (κ2) is 8.56. The number of anilines is 1. The number of amides is 1. The third kappa shape index (κ3) is 4.14. The smallest absolute Gasteiger partial charge is 0.243 e. The number of hydrogen-bond donors (Lipinski definition) is 3. The number of fused-ring (bicyclic) bond motifs is 2. The molecule has 1 saturated carbocycles. The molecular weight excluding hydrogens is 412 g/mol. The third-order valence-corrected chi connectivity index (χ3v) is 6.21. The maximum Gasteiger partial charge on any atom is 0.243 e. The fourth-order valence-electron chi connectivity index (χ4n) is 4.58. The molecule has 1 aliphatic heterocycles. The molecule has 2 fully saturated rings. The maximum absolute atomic E-state index is 12.9. The van der Waals surface area contributed by atoms with Gasteiger partial charge in [0, 0.05) is 53.9 Å². The fourth-order valence-corrected chi connectivity index (χ4v) is 4.58. The highest BCUT2D eigenvalue weighted by Gasteiger charge is 2.46. The Kier molecular flexibility index (Phi) is 5.46. The van der Waals surface area contributed by atoms with Crippen molar-refractivity contribution in [2.75, 3.05) is 5.32 Å². The van der Waals surface area contributed by atoms with Crippen molar-refractivity contribution in [3.63, 3.8) is 0 Å². The molecule has 4 atom stereocenters. The van der Waals surface area contributed by atoms with Gasteiger partial charge < -0.3 is 14.5 Å². The fraction of sp³-hybridized carbons (Fsp3) is 0.364. The van der Waals surface area contributed by atoms with Crippen LogP contribution < -0.4 is 20.9 Å². The van der Waals surface area contributed by atoms with E-state index in [2.05, 4.69) is 21.2 Å². The number of nitrogens with zero attached hydrogens (tertiary/aromatic N) is 3. The van der Waals surface area contributed by atoms with E-state index in [0.29, 0.717) is 37.3 Å². The number of imidazole rings is 1. The molecule has 0 spiro atoms. The van der Waals surface area contributed by atoms with Crippen molar-refractivity contribution in [1.82, 2.24) is 20.2 Å². The lowest BCUT2D eigenvalue weighted by Gasteiger charge is -2.28. The zero-order valence-electron chi connectivity index (χ0n) is 17.3. The largest absolute Gasteiger partial charge is 0.487 e. The Morgan fingerprint density at radius 1 is 1.25 bits per heavy atom. The average Bonchev–Trinajstić information content (AvgIpc) is 3.41. The molecule has 10 heteroatoms. The summed E-state index contributed by atoms with van der Waals surface area (Å²) < 4.78 is 7.80. The number of hydrogen-bond acceptors (Lipinski definition) is 7. The highest BCUT2D eigenvalue weighted by Crippen LogP contribution is 2.32. The molecule has 1 saturated heterocycles. The topological polar surface area (TPSA) is 123 Å². The summed E-state index contributed by atoms with van der Waals surface area (Å²) in [6.45, 7) is 0.305. The van der Waals surface area contributed by atoms with Crippen LogP contribution in [0, 0.1) is 16.0 Å². The Balaban J connectivity index is 1.21. The summed E-state index contributed by atoms with van der Waals surface area (Å²) in [6.07, 6.45) is 5.44. The van der Waals surface area contributed by atoms with Crippen LogP contribution in [0.25, 0.3) is 5.65 Å². The van der Waals surface area contributed by atoms with Crippen molar-refractivity contribution in [3.8, 4) is 5.75 Å². The van der Waals surface area contributed by atoms with Crippen molar-refractivity contribution in [3.05, 3.63) is 70.7 Å². The highest BCUT2D eigenvalue weighted by molar-refractivity contribution is 5.95. The molecule has 1 aliphatic carbocycles. The number of nitro groups is 1. The summed E-state index contributed by atoms with van der Waals surface area (Å²) in [5.41, 5.74) is 8.41. The normalized spacial score (nSPS) is 24.8. The SMILES string of the molecule is O=C(Nc1cccc(OCc2cn3ccccc3n2)c1)C1NNC2CCC([N+](=O)[O-])CC21. The Morgan fingerprint density at radius 2 is 2.16 bits per heavy atom. The summed E-state index contributed by atoms with van der Waals surface area (Å²) in [6, 6.07) is 11.9. The van der Waals surface area contributed by atoms with Crippen LogP contribution in [0.1, 0.15) is 25.0 Å². The molecule has 0 bridgehead atoms. The second-order valence-corrected chi connectivity index (χ2v) is 8.29. The standard InChI is InChI=1S/C22H24N6O4/c29-22(21-18-11-16(28(30)31)7-8-19(18)25-26-21)24-14-4-3-5-17(10-14)32-13-15-12-27-9-2-1-6-20(27)23-15/h1-6,9-10,12,16,18-19,21,25-26H,7-8,11,13H2,(H,24,29). The van der Waals surface area contributed by atoms with Crippen molar-refractivity contribution in [1.29, 1.82) is 0 Å². The van der Waals surface area contributed by atoms with Gasteiger partial charge in [-0.2, -0.15) is 0 Å². The van der Waals surface area contributed by atoms with Gasteiger partial charge >= 0.3 is 0 Å². The number of benzene rings is 1. The van der Waals surface area contributed by atoms with E-state index in [1.54, 1.807) is 18.2 Å². The van der Waals surface area contributed by atoms with Crippen LogP contribution in [0.4, 0.5) is 5.69 Å². The highest BCUT2D eigenvalue weighted by atomic mass is 16.6. The Bertz CT molecular complexity index is 1120. The van der Waals surface area contributed by atoms with Crippen molar-refractivity contribution < 1.29 is 14.5 Å². The lowest BCUT2D eigenvalue weighted by atomic mass is 9.79. The molecule has 4 unspecified atom stereocenters. The van der Waals surface area contributed by atoms with Gasteiger partial charge in [0.2, 0.25) is 11.9 Å². The Morgan fingerprint density at radius 3 is 3.00 bits per heavy atom. The van der Waals surface area contributed by atoms with Crippen LogP contribution in [-0.4, -0.2) is 38.3 Å². The molecule has 3 heterocycles. The number of carbonyl (C=O) groups excluding carboxylic acids is 1. The second-order valence-electron chi connectivity index (χ2n) is 8.29. The molecule has 5 rings (SSSR count). The summed E-state index contributed by atoms with van der Waals surface area (Å²) in [7, 11) is 0. The van der Waals surface area contributed by atoms with Crippen LogP contribution in [0.15, 0.2) is 54.9 Å². The van der Waals surface area contributed by atoms with E-state index in [1.165, 1.54) is 0 Å². The summed E-state index contributed by atoms with van der Waals surface area (Å²) in [5.74, 6) is 0.279. The quantitative estimate of drug-likeness (QED) is 0.400. The minimum Gasteiger partial charge on any atom is -0.487 e. The summed E-state index contributed by atoms with van der Waals surface area (Å²) in [5, 5.41) is 14.1. The number of ether oxygens (including phenoxy) is 1. The van der Waals surface area contributed by atoms with E-state index >= 15 is 0 Å². The van der Waals surface area contributed by atoms with Gasteiger partial charge in [-0.3, -0.25) is 20.3 Å². The number of aromatic nitrogens is 2. The van der Waals surface area contributed by atoms with Gasteiger partial charge in [-0.1, -0.05) is 12.1 Å². The zero-order chi connectivity index (χ0) is 22.1. The predicted octanol–water partition coefficient (Wildman–Crippen LogP) is 2.14. The van der Waals surface area contributed by atoms with E-state index in [1.807, 2.05) is 41.1 Å². The van der Waals surface area contributed by atoms with E-state index in [0.717, 1.165) is 11.3 Å². The van der Waals surface area contributed by atoms with E-state index in [4.69, 9.17) is 4.74 Å². The minimum absolute atomic E-state index is 0.0713. The lowest BCUT2D eigenvalue weighted by molar-refractivity contribution is -0.528. The average molecular weight is 436 g/mol. The molecule has 2 aromatic heterocycles. The van der Waals surface area contributed by atoms with Crippen LogP contribution in [0.5, 0.6) is 5.75 Å². The van der Waals surface area contributed by atoms with Crippen molar-refractivity contribution in [2.45, 2.75) is 44.0 Å². The van der Waals surface area contributed by atoms with Gasteiger partial charge in [0.15, 0.2) is 0 Å². The third-order valence-electron chi connectivity index (χ3n) is 6.21. The van der Waals surface area contributed by atoms with E-state index < -0.39 is 12.1 Å². The molecule has 3 N–H and O–H groups in total. The van der Waals surface area contributed by atoms with Crippen LogP contribution in [0.2, 0.25) is 0 Å². The van der Waals surface area contributed by atoms with Crippen molar-refractivity contribution in [2.24, 2.45) is 5.92 Å². The molecule has 0 radical (unpaired) electrons. The van der Waals surface area contributed by atoms with Gasteiger partial charge in [0.05, 0.1) is 5.69 Å². The number of nitrogens with one attached hydrogen (secondary N) is 3. The predicted molar refractivity (Wildman–Crippen MR) is 117 cm³/mol. The number of rotatable bonds is 6. The van der Waals surface area contributed by atoms with Crippen LogP contribution >= 0.6 is 0 Å². The monoisotopic (exact) mass is 436 g/mol. The van der Waals surface area contributed by atoms with Gasteiger partial charge in [0.25, 0.3) is 0 Å². The Labute approximate surface area is 184 Å². The van der Waals surface area contributed by atoms with Gasteiger partial charge in [-0.15, -0.1) is 0 Å². The Hall–Kier alpha value is -3.50. The van der Waals surface area contributed by atoms with Crippen LogP contribution in [0.3, 0.4) is 0 Å². The minimum atomic E-state index is -0.593. The number of hydrazine groups is 1. The molecule has 32 heavy (non-hydrogen) atoms. The lowest BCUT2D eigenvalue weighted by Crippen LogP contribution is -2.44. The maximum atomic E-state index is 12.9. The van der Waals surface area contributed by atoms with Crippen molar-refractivity contribution >= 4 is 17.2 Å². The van der Waals surface area contributed by atoms with E-state index in [9.17, 15) is 14.9 Å². The first-order valence-electron chi connectivity index (χ1n) is 10.7. The molecule has 2 aliphatic rings. The molecule has 1 aromatic carbocycles. The number of pyridine rings is 1. The van der Waals surface area contributed by atoms with Gasteiger partial charge in [0.1, 0.15) is 24.0 Å². The zero-order valence-corrected chi connectivity index (χ0v) is 17.3. The molecule has 3 aromatic rings. The molecular formula is C22H24N6O4. The summed E-state index contributed by atoms with van der Waals surface area (Å²) >= 11 is 0. The van der Waals surface area contributed by atoms with Crippen LogP contribution in [-0.2, 0) is 11.4 Å². The molecule has 10 nitrogen and oxygen atoms in total. The molecule has 166 valence electrons. The first kappa shape index (κ1) is 20.4. The molecule has 1 amide bonds.